The van der Waals surface area contributed by atoms with Crippen LogP contribution in [0.1, 0.15) is 23.7 Å². The molecule has 1 amide bonds. The van der Waals surface area contributed by atoms with Gasteiger partial charge in [-0.15, -0.1) is 0 Å². The highest BCUT2D eigenvalue weighted by Crippen LogP contribution is 2.39. The van der Waals surface area contributed by atoms with Crippen molar-refractivity contribution in [2.24, 2.45) is 0 Å². The fourth-order valence-electron chi connectivity index (χ4n) is 3.46. The quantitative estimate of drug-likeness (QED) is 0.830. The number of benzene rings is 1. The molecule has 2 N–H and O–H groups in total. The van der Waals surface area contributed by atoms with Gasteiger partial charge in [0.1, 0.15) is 0 Å². The highest BCUT2D eigenvalue weighted by Gasteiger charge is 2.36. The van der Waals surface area contributed by atoms with Crippen molar-refractivity contribution in [3.63, 3.8) is 0 Å². The average molecular weight is 268 g/mol. The first-order chi connectivity index (χ1) is 9.79. The summed E-state index contributed by atoms with van der Waals surface area (Å²) in [4.78, 5) is 17.7. The van der Waals surface area contributed by atoms with Crippen LogP contribution in [0.25, 0.3) is 10.9 Å². The van der Waals surface area contributed by atoms with E-state index in [9.17, 15) is 9.90 Å². The van der Waals surface area contributed by atoms with E-state index in [4.69, 9.17) is 0 Å². The molecule has 102 valence electrons. The number of aromatic amines is 1. The number of fused-ring (bicyclic) bond motifs is 5. The molecule has 20 heavy (non-hydrogen) atoms. The molecule has 0 aliphatic carbocycles. The lowest BCUT2D eigenvalue weighted by Crippen LogP contribution is -2.43. The van der Waals surface area contributed by atoms with Gasteiger partial charge in [-0.25, -0.2) is 0 Å². The number of nitrogens with one attached hydrogen (secondary N) is 1. The molecule has 4 nitrogen and oxygen atoms in total. The number of nitrogens with zero attached hydrogens (tertiary/aromatic N) is 1. The Kier molecular flexibility index (Phi) is 2.47. The minimum atomic E-state index is -0.165. The molecule has 1 aromatic carbocycles. The SMILES string of the molecule is O=C1C(CO)=CCC2c3[nH]c4ccccc4c3CCN12. The lowest BCUT2D eigenvalue weighted by Gasteiger charge is -2.38. The molecule has 4 rings (SSSR count). The molecule has 0 saturated heterocycles. The Bertz CT molecular complexity index is 729. The van der Waals surface area contributed by atoms with Gasteiger partial charge in [-0.05, 0) is 24.5 Å². The van der Waals surface area contributed by atoms with E-state index in [-0.39, 0.29) is 18.6 Å². The smallest absolute Gasteiger partial charge is 0.252 e. The molecule has 0 radical (unpaired) electrons. The lowest BCUT2D eigenvalue weighted by atomic mass is 9.91. The third kappa shape index (κ3) is 1.48. The second kappa shape index (κ2) is 4.21. The first-order valence-electron chi connectivity index (χ1n) is 7.00. The van der Waals surface area contributed by atoms with Crippen molar-refractivity contribution in [3.05, 3.63) is 47.2 Å². The van der Waals surface area contributed by atoms with E-state index in [2.05, 4.69) is 23.2 Å². The highest BCUT2D eigenvalue weighted by atomic mass is 16.3. The van der Waals surface area contributed by atoms with Crippen LogP contribution in [-0.4, -0.2) is 34.0 Å². The predicted octanol–water partition coefficient (Wildman–Crippen LogP) is 1.92. The van der Waals surface area contributed by atoms with E-state index in [1.807, 2.05) is 17.0 Å². The predicted molar refractivity (Wildman–Crippen MR) is 76.2 cm³/mol. The summed E-state index contributed by atoms with van der Waals surface area (Å²) in [6.45, 7) is 0.567. The monoisotopic (exact) mass is 268 g/mol. The van der Waals surface area contributed by atoms with Crippen LogP contribution < -0.4 is 0 Å². The summed E-state index contributed by atoms with van der Waals surface area (Å²) >= 11 is 0. The van der Waals surface area contributed by atoms with Crippen molar-refractivity contribution in [1.29, 1.82) is 0 Å². The maximum absolute atomic E-state index is 12.3. The van der Waals surface area contributed by atoms with E-state index in [0.29, 0.717) is 5.57 Å². The van der Waals surface area contributed by atoms with E-state index in [0.717, 1.165) is 24.9 Å². The van der Waals surface area contributed by atoms with Crippen LogP contribution in [0.5, 0.6) is 0 Å². The van der Waals surface area contributed by atoms with Crippen molar-refractivity contribution in [2.45, 2.75) is 18.9 Å². The van der Waals surface area contributed by atoms with Gasteiger partial charge in [-0.2, -0.15) is 0 Å². The number of amides is 1. The Labute approximate surface area is 116 Å². The number of aromatic nitrogens is 1. The van der Waals surface area contributed by atoms with Crippen molar-refractivity contribution in [3.8, 4) is 0 Å². The molecule has 0 saturated carbocycles. The van der Waals surface area contributed by atoms with Crippen molar-refractivity contribution >= 4 is 16.8 Å². The second-order valence-electron chi connectivity index (χ2n) is 5.45. The number of rotatable bonds is 1. The first-order valence-corrected chi connectivity index (χ1v) is 7.00. The molecule has 2 aliphatic rings. The summed E-state index contributed by atoms with van der Waals surface area (Å²) in [7, 11) is 0. The minimum absolute atomic E-state index is 0.0203. The van der Waals surface area contributed by atoms with Gasteiger partial charge in [0.05, 0.1) is 12.6 Å². The Hall–Kier alpha value is -2.07. The van der Waals surface area contributed by atoms with Crippen LogP contribution in [0.2, 0.25) is 0 Å². The highest BCUT2D eigenvalue weighted by molar-refractivity contribution is 5.95. The maximum Gasteiger partial charge on any atom is 0.252 e. The van der Waals surface area contributed by atoms with Gasteiger partial charge >= 0.3 is 0 Å². The Morgan fingerprint density at radius 3 is 3.05 bits per heavy atom. The molecular weight excluding hydrogens is 252 g/mol. The van der Waals surface area contributed by atoms with Crippen molar-refractivity contribution in [2.75, 3.05) is 13.2 Å². The van der Waals surface area contributed by atoms with E-state index >= 15 is 0 Å². The molecule has 0 fully saturated rings. The zero-order valence-corrected chi connectivity index (χ0v) is 11.1. The number of carbonyl (C=O) groups is 1. The molecule has 3 heterocycles. The molecule has 0 spiro atoms. The standard InChI is InChI=1S/C16H16N2O2/c19-9-10-5-6-14-15-12(7-8-18(14)16(10)20)11-3-1-2-4-13(11)17-15/h1-5,14,17,19H,6-9H2. The van der Waals surface area contributed by atoms with Gasteiger partial charge in [0, 0.05) is 28.7 Å². The second-order valence-corrected chi connectivity index (χ2v) is 5.45. The number of carbonyl (C=O) groups excluding carboxylic acids is 1. The topological polar surface area (TPSA) is 56.3 Å². The van der Waals surface area contributed by atoms with E-state index in [1.54, 1.807) is 0 Å². The molecule has 0 bridgehead atoms. The third-order valence-electron chi connectivity index (χ3n) is 4.45. The van der Waals surface area contributed by atoms with E-state index < -0.39 is 0 Å². The molecule has 1 aromatic heterocycles. The van der Waals surface area contributed by atoms with Crippen molar-refractivity contribution in [1.82, 2.24) is 9.88 Å². The number of para-hydroxylation sites is 1. The summed E-state index contributed by atoms with van der Waals surface area (Å²) in [5.41, 5.74) is 4.18. The number of hydrogen-bond donors (Lipinski definition) is 2. The van der Waals surface area contributed by atoms with Gasteiger partial charge in [0.2, 0.25) is 0 Å². The molecular formula is C16H16N2O2. The zero-order chi connectivity index (χ0) is 13.7. The molecule has 2 aromatic rings. The van der Waals surface area contributed by atoms with Crippen molar-refractivity contribution < 1.29 is 9.90 Å². The number of aliphatic hydroxyl groups excluding tert-OH is 1. The van der Waals surface area contributed by atoms with Gasteiger partial charge in [0.25, 0.3) is 5.91 Å². The minimum Gasteiger partial charge on any atom is -0.391 e. The lowest BCUT2D eigenvalue weighted by molar-refractivity contribution is -0.131. The molecule has 1 atom stereocenters. The van der Waals surface area contributed by atoms with Crippen LogP contribution in [0.15, 0.2) is 35.9 Å². The fraction of sp³-hybridized carbons (Fsp3) is 0.312. The zero-order valence-electron chi connectivity index (χ0n) is 11.1. The van der Waals surface area contributed by atoms with Crippen LogP contribution in [0.4, 0.5) is 0 Å². The van der Waals surface area contributed by atoms with Crippen LogP contribution in [0.3, 0.4) is 0 Å². The summed E-state index contributed by atoms with van der Waals surface area (Å²) in [5, 5.41) is 10.5. The van der Waals surface area contributed by atoms with Gasteiger partial charge < -0.3 is 15.0 Å². The number of H-pyrrole nitrogens is 1. The van der Waals surface area contributed by atoms with Gasteiger partial charge in [-0.1, -0.05) is 24.3 Å². The Morgan fingerprint density at radius 1 is 1.35 bits per heavy atom. The number of aliphatic hydroxyl groups is 1. The third-order valence-corrected chi connectivity index (χ3v) is 4.45. The summed E-state index contributed by atoms with van der Waals surface area (Å²) < 4.78 is 0. The largest absolute Gasteiger partial charge is 0.391 e. The average Bonchev–Trinajstić information content (AvgIpc) is 2.86. The summed E-state index contributed by atoms with van der Waals surface area (Å²) in [5.74, 6) is -0.0203. The Morgan fingerprint density at radius 2 is 2.20 bits per heavy atom. The normalized spacial score (nSPS) is 21.6. The van der Waals surface area contributed by atoms with Crippen LogP contribution in [-0.2, 0) is 11.2 Å². The molecule has 2 aliphatic heterocycles. The number of hydrogen-bond acceptors (Lipinski definition) is 2. The van der Waals surface area contributed by atoms with Gasteiger partial charge in [0.15, 0.2) is 0 Å². The maximum atomic E-state index is 12.3. The van der Waals surface area contributed by atoms with Gasteiger partial charge in [-0.3, -0.25) is 4.79 Å². The van der Waals surface area contributed by atoms with Crippen LogP contribution in [0, 0.1) is 0 Å². The summed E-state index contributed by atoms with van der Waals surface area (Å²) in [6.07, 6.45) is 3.53. The summed E-state index contributed by atoms with van der Waals surface area (Å²) in [6, 6.07) is 8.39. The fourth-order valence-corrected chi connectivity index (χ4v) is 3.46. The molecule has 4 heteroatoms. The first kappa shape index (κ1) is 11.7. The Balaban J connectivity index is 1.85. The van der Waals surface area contributed by atoms with E-state index in [1.165, 1.54) is 16.6 Å². The van der Waals surface area contributed by atoms with Crippen LogP contribution >= 0.6 is 0 Å². The molecule has 1 unspecified atom stereocenters.